The molecule has 1 N–H and O–H groups in total. The first kappa shape index (κ1) is 19.6. The highest BCUT2D eigenvalue weighted by Gasteiger charge is 2.32. The third-order valence-electron chi connectivity index (χ3n) is 4.71. The van der Waals surface area contributed by atoms with Gasteiger partial charge in [0.25, 0.3) is 5.91 Å². The number of hydrogen-bond donors (Lipinski definition) is 1. The summed E-state index contributed by atoms with van der Waals surface area (Å²) in [5, 5.41) is 7.34. The molecule has 1 amide bonds. The predicted octanol–water partition coefficient (Wildman–Crippen LogP) is 1.51. The number of carbonyl (C=O) groups is 1. The van der Waals surface area contributed by atoms with E-state index < -0.39 is 9.84 Å². The molecule has 0 aliphatic carbocycles. The van der Waals surface area contributed by atoms with Crippen LogP contribution in [0.15, 0.2) is 30.3 Å². The number of sulfone groups is 1. The van der Waals surface area contributed by atoms with Gasteiger partial charge in [-0.25, -0.2) is 8.42 Å². The van der Waals surface area contributed by atoms with Gasteiger partial charge in [0.15, 0.2) is 15.5 Å². The second-order valence-electron chi connectivity index (χ2n) is 7.34. The van der Waals surface area contributed by atoms with Gasteiger partial charge in [-0.1, -0.05) is 29.8 Å². The van der Waals surface area contributed by atoms with Crippen molar-refractivity contribution in [1.29, 1.82) is 0 Å². The van der Waals surface area contributed by atoms with Gasteiger partial charge in [-0.15, -0.1) is 0 Å². The number of amides is 1. The molecule has 1 aromatic heterocycles. The van der Waals surface area contributed by atoms with Crippen LogP contribution < -0.4 is 5.32 Å². The van der Waals surface area contributed by atoms with E-state index in [4.69, 9.17) is 0 Å². The van der Waals surface area contributed by atoms with E-state index in [0.717, 1.165) is 23.4 Å². The molecule has 0 saturated carbocycles. The molecule has 1 fully saturated rings. The second-order valence-corrected chi connectivity index (χ2v) is 9.57. The number of nitrogens with one attached hydrogen (secondary N) is 1. The average molecular weight is 391 g/mol. The van der Waals surface area contributed by atoms with E-state index in [2.05, 4.69) is 10.4 Å². The number of carbonyl (C=O) groups excluding carboxylic acids is 1. The summed E-state index contributed by atoms with van der Waals surface area (Å²) in [6, 6.07) is 9.44. The maximum absolute atomic E-state index is 12.5. The lowest BCUT2D eigenvalue weighted by atomic mass is 10.1. The van der Waals surface area contributed by atoms with E-state index in [0.29, 0.717) is 18.7 Å². The smallest absolute Gasteiger partial charge is 0.271 e. The third-order valence-corrected chi connectivity index (χ3v) is 6.46. The molecule has 1 aromatic carbocycles. The molecule has 0 radical (unpaired) electrons. The lowest BCUT2D eigenvalue weighted by Crippen LogP contribution is -2.31. The maximum Gasteiger partial charge on any atom is 0.271 e. The molecule has 1 aliphatic heterocycles. The minimum Gasteiger partial charge on any atom is -0.349 e. The molecule has 146 valence electrons. The molecule has 1 aliphatic rings. The first-order valence-corrected chi connectivity index (χ1v) is 10.9. The van der Waals surface area contributed by atoms with Crippen molar-refractivity contribution in [2.75, 3.05) is 38.7 Å². The molecule has 2 aromatic rings. The number of nitrogens with zero attached hydrogens (tertiary/aromatic N) is 3. The Bertz CT molecular complexity index is 917. The van der Waals surface area contributed by atoms with Crippen molar-refractivity contribution in [1.82, 2.24) is 20.0 Å². The summed E-state index contributed by atoms with van der Waals surface area (Å²) < 4.78 is 25.6. The summed E-state index contributed by atoms with van der Waals surface area (Å²) in [7, 11) is 0.832. The lowest BCUT2D eigenvalue weighted by molar-refractivity contribution is 0.0945. The van der Waals surface area contributed by atoms with Crippen LogP contribution in [0.1, 0.15) is 28.5 Å². The maximum atomic E-state index is 12.5. The van der Waals surface area contributed by atoms with Gasteiger partial charge in [0, 0.05) is 13.1 Å². The Hall–Kier alpha value is -2.19. The van der Waals surface area contributed by atoms with Crippen molar-refractivity contribution in [2.24, 2.45) is 0 Å². The van der Waals surface area contributed by atoms with Gasteiger partial charge in [-0.2, -0.15) is 5.10 Å². The van der Waals surface area contributed by atoms with Crippen LogP contribution in [0.25, 0.3) is 11.3 Å². The molecule has 1 atom stereocenters. The van der Waals surface area contributed by atoms with Gasteiger partial charge < -0.3 is 10.2 Å². The first-order chi connectivity index (χ1) is 12.7. The Morgan fingerprint density at radius 2 is 2.00 bits per heavy atom. The van der Waals surface area contributed by atoms with Crippen LogP contribution in [0, 0.1) is 6.92 Å². The van der Waals surface area contributed by atoms with E-state index in [1.165, 1.54) is 0 Å². The van der Waals surface area contributed by atoms with Crippen LogP contribution in [-0.4, -0.2) is 67.7 Å². The molecule has 1 saturated heterocycles. The highest BCUT2D eigenvalue weighted by atomic mass is 32.2. The largest absolute Gasteiger partial charge is 0.349 e. The van der Waals surface area contributed by atoms with E-state index in [1.54, 1.807) is 10.7 Å². The number of hydrogen-bond acceptors (Lipinski definition) is 5. The third kappa shape index (κ3) is 4.75. The number of benzene rings is 1. The zero-order valence-electron chi connectivity index (χ0n) is 16.0. The standard InChI is InChI=1S/C19H26N4O3S/c1-14-4-6-15(7-5-14)18-12-17(19(24)20-9-10-22(2)3)21-23(18)16-8-11-27(25,26)13-16/h4-7,12,16H,8-11,13H2,1-3H3,(H,20,24). The lowest BCUT2D eigenvalue weighted by Gasteiger charge is -2.13. The van der Waals surface area contributed by atoms with Crippen LogP contribution in [0.2, 0.25) is 0 Å². The number of rotatable bonds is 6. The topological polar surface area (TPSA) is 84.3 Å². The molecule has 7 nitrogen and oxygen atoms in total. The molecule has 2 heterocycles. The quantitative estimate of drug-likeness (QED) is 0.808. The summed E-state index contributed by atoms with van der Waals surface area (Å²) in [5.41, 5.74) is 3.14. The molecule has 0 spiro atoms. The van der Waals surface area contributed by atoms with Crippen molar-refractivity contribution >= 4 is 15.7 Å². The van der Waals surface area contributed by atoms with Crippen LogP contribution in [0.4, 0.5) is 0 Å². The minimum atomic E-state index is -3.05. The Kier molecular flexibility index (Phi) is 5.67. The summed E-state index contributed by atoms with van der Waals surface area (Å²) >= 11 is 0. The fourth-order valence-electron chi connectivity index (χ4n) is 3.18. The summed E-state index contributed by atoms with van der Waals surface area (Å²) in [4.78, 5) is 14.5. The summed E-state index contributed by atoms with van der Waals surface area (Å²) in [6.45, 7) is 3.27. The molecule has 27 heavy (non-hydrogen) atoms. The van der Waals surface area contributed by atoms with Crippen LogP contribution in [0.5, 0.6) is 0 Å². The van der Waals surface area contributed by atoms with E-state index in [-0.39, 0.29) is 23.5 Å². The predicted molar refractivity (Wildman–Crippen MR) is 106 cm³/mol. The second kappa shape index (κ2) is 7.82. The van der Waals surface area contributed by atoms with E-state index in [1.807, 2.05) is 50.2 Å². The Labute approximate surface area is 160 Å². The zero-order valence-corrected chi connectivity index (χ0v) is 16.8. The Balaban J connectivity index is 1.91. The van der Waals surface area contributed by atoms with E-state index in [9.17, 15) is 13.2 Å². The van der Waals surface area contributed by atoms with Crippen molar-refractivity contribution in [3.63, 3.8) is 0 Å². The van der Waals surface area contributed by atoms with Gasteiger partial charge >= 0.3 is 0 Å². The summed E-state index contributed by atoms with van der Waals surface area (Å²) in [5.74, 6) is -0.0189. The summed E-state index contributed by atoms with van der Waals surface area (Å²) in [6.07, 6.45) is 0.518. The zero-order chi connectivity index (χ0) is 19.6. The number of likely N-dealkylation sites (N-methyl/N-ethyl adjacent to an activating group) is 1. The van der Waals surface area contributed by atoms with Crippen molar-refractivity contribution in [3.05, 3.63) is 41.6 Å². The van der Waals surface area contributed by atoms with Crippen molar-refractivity contribution in [2.45, 2.75) is 19.4 Å². The highest BCUT2D eigenvalue weighted by molar-refractivity contribution is 7.91. The fourth-order valence-corrected chi connectivity index (χ4v) is 4.87. The van der Waals surface area contributed by atoms with Crippen LogP contribution in [0.3, 0.4) is 0 Å². The average Bonchev–Trinajstić information content (AvgIpc) is 3.18. The van der Waals surface area contributed by atoms with Crippen LogP contribution in [-0.2, 0) is 9.84 Å². The Morgan fingerprint density at radius 3 is 2.59 bits per heavy atom. The highest BCUT2D eigenvalue weighted by Crippen LogP contribution is 2.30. The molecule has 3 rings (SSSR count). The minimum absolute atomic E-state index is 0.0647. The molecular formula is C19H26N4O3S. The molecule has 0 bridgehead atoms. The van der Waals surface area contributed by atoms with Crippen molar-refractivity contribution < 1.29 is 13.2 Å². The molecule has 1 unspecified atom stereocenters. The molecule has 8 heteroatoms. The Morgan fingerprint density at radius 1 is 1.30 bits per heavy atom. The van der Waals surface area contributed by atoms with E-state index >= 15 is 0 Å². The van der Waals surface area contributed by atoms with Crippen LogP contribution >= 0.6 is 0 Å². The van der Waals surface area contributed by atoms with Gasteiger partial charge in [0.2, 0.25) is 0 Å². The van der Waals surface area contributed by atoms with Gasteiger partial charge in [-0.3, -0.25) is 9.48 Å². The molecular weight excluding hydrogens is 364 g/mol. The van der Waals surface area contributed by atoms with Gasteiger partial charge in [-0.05, 0) is 39.1 Å². The fraction of sp³-hybridized carbons (Fsp3) is 0.474. The normalized spacial score (nSPS) is 18.7. The monoisotopic (exact) mass is 390 g/mol. The number of aromatic nitrogens is 2. The van der Waals surface area contributed by atoms with Crippen molar-refractivity contribution in [3.8, 4) is 11.3 Å². The SMILES string of the molecule is Cc1ccc(-c2cc(C(=O)NCCN(C)C)nn2C2CCS(=O)(=O)C2)cc1. The van der Waals surface area contributed by atoms with Gasteiger partial charge in [0.1, 0.15) is 0 Å². The number of aryl methyl sites for hydroxylation is 1. The first-order valence-electron chi connectivity index (χ1n) is 9.05. The van der Waals surface area contributed by atoms with Gasteiger partial charge in [0.05, 0.1) is 23.2 Å².